The molecular weight excluding hydrogens is 446 g/mol. The van der Waals surface area contributed by atoms with Gasteiger partial charge in [0.05, 0.1) is 17.9 Å². The molecule has 3 heterocycles. The molecule has 0 spiro atoms. The first-order chi connectivity index (χ1) is 17.0. The van der Waals surface area contributed by atoms with E-state index in [1.165, 1.54) is 12.1 Å². The van der Waals surface area contributed by atoms with Crippen LogP contribution in [0.1, 0.15) is 24.0 Å². The summed E-state index contributed by atoms with van der Waals surface area (Å²) in [5.41, 5.74) is 7.13. The zero-order chi connectivity index (χ0) is 24.2. The van der Waals surface area contributed by atoms with Crippen LogP contribution in [0.15, 0.2) is 72.9 Å². The monoisotopic (exact) mass is 474 g/mol. The number of allylic oxidation sites excluding steroid dienone is 2. The Morgan fingerprint density at radius 1 is 0.971 bits per heavy atom. The van der Waals surface area contributed by atoms with Crippen molar-refractivity contribution in [2.24, 2.45) is 0 Å². The number of hydrogen-bond acceptors (Lipinski definition) is 6. The van der Waals surface area contributed by atoms with Crippen LogP contribution in [0.3, 0.4) is 0 Å². The van der Waals surface area contributed by atoms with Gasteiger partial charge in [-0.2, -0.15) is 0 Å². The summed E-state index contributed by atoms with van der Waals surface area (Å²) in [5.74, 6) is -0.412. The zero-order valence-corrected chi connectivity index (χ0v) is 19.6. The topological polar surface area (TPSA) is 56.3 Å². The summed E-state index contributed by atoms with van der Waals surface area (Å²) < 4.78 is 27.3. The Bertz CT molecular complexity index is 1210. The summed E-state index contributed by atoms with van der Waals surface area (Å²) in [6.45, 7) is 2.74. The van der Waals surface area contributed by atoms with Gasteiger partial charge in [-0.05, 0) is 81.0 Å². The number of rotatable bonds is 6. The van der Waals surface area contributed by atoms with Crippen molar-refractivity contribution in [1.29, 1.82) is 0 Å². The van der Waals surface area contributed by atoms with Gasteiger partial charge >= 0.3 is 0 Å². The maximum absolute atomic E-state index is 13.6. The van der Waals surface area contributed by atoms with Gasteiger partial charge in [0.25, 0.3) is 0 Å². The first kappa shape index (κ1) is 23.0. The van der Waals surface area contributed by atoms with Crippen LogP contribution in [0.5, 0.6) is 0 Å². The van der Waals surface area contributed by atoms with E-state index in [9.17, 15) is 8.78 Å². The van der Waals surface area contributed by atoms with Crippen LogP contribution < -0.4 is 10.7 Å². The van der Waals surface area contributed by atoms with Gasteiger partial charge in [-0.25, -0.2) is 8.78 Å². The molecule has 0 aliphatic carbocycles. The summed E-state index contributed by atoms with van der Waals surface area (Å²) in [4.78, 5) is 2.34. The highest BCUT2D eigenvalue weighted by atomic mass is 19.1. The molecule has 1 saturated heterocycles. The quantitative estimate of drug-likeness (QED) is 0.535. The molecule has 0 bridgehead atoms. The second-order valence-corrected chi connectivity index (χ2v) is 9.05. The fraction of sp³-hybridized carbons (Fsp3) is 0.259. The van der Waals surface area contributed by atoms with Crippen molar-refractivity contribution in [3.8, 4) is 11.3 Å². The van der Waals surface area contributed by atoms with Gasteiger partial charge in [0.15, 0.2) is 0 Å². The van der Waals surface area contributed by atoms with Crippen LogP contribution >= 0.6 is 0 Å². The Hall–Kier alpha value is -3.78. The number of hydrogen-bond donors (Lipinski definition) is 2. The molecule has 2 aromatic carbocycles. The molecule has 2 aliphatic rings. The third kappa shape index (κ3) is 5.84. The van der Waals surface area contributed by atoms with Crippen molar-refractivity contribution in [1.82, 2.24) is 25.5 Å². The Morgan fingerprint density at radius 3 is 2.51 bits per heavy atom. The van der Waals surface area contributed by atoms with Crippen molar-refractivity contribution in [2.75, 3.05) is 25.5 Å². The number of nitrogens with one attached hydrogen (secondary N) is 2. The maximum Gasteiger partial charge on any atom is 0.148 e. The van der Waals surface area contributed by atoms with E-state index < -0.39 is 11.6 Å². The molecule has 1 aromatic heterocycles. The number of hydrazine groups is 1. The standard InChI is InChI=1S/C27H28F2N6/c1-34-12-9-24(10-13-34)30-27-8-7-25(31-32-27)20-5-2-4-19(14-20)18-35-11-3-6-26(33-35)21-15-22(28)17-23(29)16-21/h2-8,11,14-17,24,33H,9-10,12-13,18H2,1H3,(H,30,32). The second kappa shape index (κ2) is 10.2. The highest BCUT2D eigenvalue weighted by molar-refractivity contribution is 5.66. The lowest BCUT2D eigenvalue weighted by Gasteiger charge is -2.29. The summed E-state index contributed by atoms with van der Waals surface area (Å²) in [6, 6.07) is 16.0. The number of anilines is 1. The Balaban J connectivity index is 1.23. The second-order valence-electron chi connectivity index (χ2n) is 9.05. The minimum absolute atomic E-state index is 0.433. The smallest absolute Gasteiger partial charge is 0.148 e. The predicted octanol–water partition coefficient (Wildman–Crippen LogP) is 4.80. The number of likely N-dealkylation sites (tertiary alicyclic amines) is 1. The van der Waals surface area contributed by atoms with E-state index in [1.807, 2.05) is 47.6 Å². The van der Waals surface area contributed by atoms with Gasteiger partial charge in [0.1, 0.15) is 17.5 Å². The molecule has 2 aliphatic heterocycles. The van der Waals surface area contributed by atoms with E-state index in [0.29, 0.717) is 23.8 Å². The van der Waals surface area contributed by atoms with E-state index in [1.54, 1.807) is 6.08 Å². The molecule has 8 heteroatoms. The van der Waals surface area contributed by atoms with Crippen molar-refractivity contribution in [3.05, 3.63) is 95.7 Å². The first-order valence-corrected chi connectivity index (χ1v) is 11.8. The Labute approximate surface area is 203 Å². The minimum atomic E-state index is -0.606. The normalized spacial score (nSPS) is 16.7. The van der Waals surface area contributed by atoms with Crippen LogP contribution in [0, 0.1) is 11.6 Å². The van der Waals surface area contributed by atoms with E-state index >= 15 is 0 Å². The van der Waals surface area contributed by atoms with Crippen molar-refractivity contribution in [3.63, 3.8) is 0 Å². The number of halogens is 2. The van der Waals surface area contributed by atoms with Crippen LogP contribution in [0.2, 0.25) is 0 Å². The molecule has 2 N–H and O–H groups in total. The van der Waals surface area contributed by atoms with Crippen molar-refractivity contribution < 1.29 is 8.78 Å². The predicted molar refractivity (Wildman–Crippen MR) is 134 cm³/mol. The molecule has 180 valence electrons. The largest absolute Gasteiger partial charge is 0.366 e. The summed E-state index contributed by atoms with van der Waals surface area (Å²) in [5, 5.41) is 14.2. The molecule has 0 amide bonds. The minimum Gasteiger partial charge on any atom is -0.366 e. The lowest BCUT2D eigenvalue weighted by Crippen LogP contribution is -2.36. The molecule has 0 radical (unpaired) electrons. The van der Waals surface area contributed by atoms with Crippen LogP contribution in [0.25, 0.3) is 17.0 Å². The third-order valence-corrected chi connectivity index (χ3v) is 6.28. The summed E-state index contributed by atoms with van der Waals surface area (Å²) >= 11 is 0. The molecule has 5 rings (SSSR count). The average Bonchev–Trinajstić information content (AvgIpc) is 2.86. The first-order valence-electron chi connectivity index (χ1n) is 11.8. The molecule has 1 fully saturated rings. The molecule has 3 aromatic rings. The number of nitrogens with zero attached hydrogens (tertiary/aromatic N) is 4. The Kier molecular flexibility index (Phi) is 6.72. The van der Waals surface area contributed by atoms with Crippen LogP contribution in [-0.2, 0) is 6.54 Å². The summed E-state index contributed by atoms with van der Waals surface area (Å²) in [7, 11) is 2.15. The van der Waals surface area contributed by atoms with E-state index in [-0.39, 0.29) is 0 Å². The van der Waals surface area contributed by atoms with Crippen LogP contribution in [0.4, 0.5) is 14.6 Å². The number of piperidine rings is 1. The molecule has 0 saturated carbocycles. The third-order valence-electron chi connectivity index (χ3n) is 6.28. The molecule has 6 nitrogen and oxygen atoms in total. The average molecular weight is 475 g/mol. The van der Waals surface area contributed by atoms with Gasteiger partial charge in [0.2, 0.25) is 0 Å². The number of benzene rings is 2. The van der Waals surface area contributed by atoms with E-state index in [0.717, 1.165) is 54.6 Å². The highest BCUT2D eigenvalue weighted by Gasteiger charge is 2.17. The highest BCUT2D eigenvalue weighted by Crippen LogP contribution is 2.23. The van der Waals surface area contributed by atoms with Gasteiger partial charge in [-0.3, -0.25) is 10.4 Å². The fourth-order valence-corrected chi connectivity index (χ4v) is 4.39. The van der Waals surface area contributed by atoms with Gasteiger partial charge in [0, 0.05) is 29.4 Å². The lowest BCUT2D eigenvalue weighted by atomic mass is 10.1. The SMILES string of the molecule is CN1CCC(Nc2ccc(-c3cccc(CN4C=CC=C(c5cc(F)cc(F)c5)N4)c3)nn2)CC1. The molecule has 35 heavy (non-hydrogen) atoms. The van der Waals surface area contributed by atoms with Gasteiger partial charge in [-0.1, -0.05) is 18.2 Å². The summed E-state index contributed by atoms with van der Waals surface area (Å²) in [6.07, 6.45) is 7.73. The number of aromatic nitrogens is 2. The van der Waals surface area contributed by atoms with E-state index in [2.05, 4.69) is 39.0 Å². The van der Waals surface area contributed by atoms with Gasteiger partial charge < -0.3 is 10.2 Å². The van der Waals surface area contributed by atoms with Crippen molar-refractivity contribution >= 4 is 11.5 Å². The molecule has 0 unspecified atom stereocenters. The van der Waals surface area contributed by atoms with Crippen LogP contribution in [-0.4, -0.2) is 46.3 Å². The maximum atomic E-state index is 13.6. The van der Waals surface area contributed by atoms with Gasteiger partial charge in [-0.15, -0.1) is 10.2 Å². The Morgan fingerprint density at radius 2 is 1.77 bits per heavy atom. The van der Waals surface area contributed by atoms with E-state index in [4.69, 9.17) is 0 Å². The zero-order valence-electron chi connectivity index (χ0n) is 19.6. The fourth-order valence-electron chi connectivity index (χ4n) is 4.39. The van der Waals surface area contributed by atoms with Crippen molar-refractivity contribution in [2.45, 2.75) is 25.4 Å². The lowest BCUT2D eigenvalue weighted by molar-refractivity contribution is 0.263. The molecule has 0 atom stereocenters. The molecular formula is C27H28F2N6.